The Morgan fingerprint density at radius 1 is 1.50 bits per heavy atom. The summed E-state index contributed by atoms with van der Waals surface area (Å²) in [5, 5.41) is 12.5. The molecule has 0 aliphatic heterocycles. The fraction of sp³-hybridized carbons (Fsp3) is 0.462. The highest BCUT2D eigenvalue weighted by atomic mass is 79.9. The molecule has 1 aliphatic carbocycles. The first kappa shape index (κ1) is 13.4. The van der Waals surface area contributed by atoms with Crippen molar-refractivity contribution in [1.82, 2.24) is 0 Å². The minimum absolute atomic E-state index is 0.0339. The number of amides is 1. The number of nitrogens with two attached hydrogens (primary N) is 1. The molecule has 0 aromatic heterocycles. The van der Waals surface area contributed by atoms with Gasteiger partial charge in [0.1, 0.15) is 5.75 Å². The van der Waals surface area contributed by atoms with Crippen LogP contribution in [0.5, 0.6) is 5.75 Å². The van der Waals surface area contributed by atoms with Gasteiger partial charge in [0.15, 0.2) is 0 Å². The van der Waals surface area contributed by atoms with Gasteiger partial charge in [-0.2, -0.15) is 0 Å². The lowest BCUT2D eigenvalue weighted by Crippen LogP contribution is -2.29. The van der Waals surface area contributed by atoms with Crippen LogP contribution in [0.15, 0.2) is 22.7 Å². The molecule has 4 nitrogen and oxygen atoms in total. The number of hydrogen-bond acceptors (Lipinski definition) is 3. The summed E-state index contributed by atoms with van der Waals surface area (Å²) in [6.45, 7) is 0.544. The number of carbonyl (C=O) groups excluding carboxylic acids is 1. The quantitative estimate of drug-likeness (QED) is 0.750. The van der Waals surface area contributed by atoms with E-state index < -0.39 is 0 Å². The van der Waals surface area contributed by atoms with Crippen molar-refractivity contribution < 1.29 is 9.90 Å². The molecule has 1 aromatic rings. The van der Waals surface area contributed by atoms with Gasteiger partial charge in [0, 0.05) is 10.4 Å². The van der Waals surface area contributed by atoms with E-state index in [1.54, 1.807) is 18.2 Å². The van der Waals surface area contributed by atoms with Crippen molar-refractivity contribution in [1.29, 1.82) is 0 Å². The van der Waals surface area contributed by atoms with Crippen LogP contribution in [0.2, 0.25) is 0 Å². The van der Waals surface area contributed by atoms with Crippen molar-refractivity contribution >= 4 is 27.5 Å². The van der Waals surface area contributed by atoms with Crippen molar-refractivity contribution in [3.8, 4) is 5.75 Å². The number of benzene rings is 1. The predicted octanol–water partition coefficient (Wildman–Crippen LogP) is 2.47. The van der Waals surface area contributed by atoms with Crippen LogP contribution < -0.4 is 11.1 Å². The van der Waals surface area contributed by atoms with Gasteiger partial charge in [-0.25, -0.2) is 0 Å². The van der Waals surface area contributed by atoms with Crippen LogP contribution in [0.1, 0.15) is 19.3 Å². The van der Waals surface area contributed by atoms with Crippen LogP contribution in [-0.4, -0.2) is 17.6 Å². The van der Waals surface area contributed by atoms with E-state index in [1.807, 2.05) is 0 Å². The Labute approximate surface area is 115 Å². The highest BCUT2D eigenvalue weighted by Gasteiger charge is 2.32. The number of phenolic OH excluding ortho intramolecular Hbond substituents is 1. The number of phenols is 1. The fourth-order valence-corrected chi connectivity index (χ4v) is 2.86. The van der Waals surface area contributed by atoms with Crippen LogP contribution in [0, 0.1) is 11.8 Å². The van der Waals surface area contributed by atoms with Crippen molar-refractivity contribution in [2.24, 2.45) is 17.6 Å². The van der Waals surface area contributed by atoms with Crippen LogP contribution >= 0.6 is 15.9 Å². The van der Waals surface area contributed by atoms with Gasteiger partial charge in [-0.05, 0) is 43.5 Å². The SMILES string of the molecule is NCC1CCCC1C(=O)Nc1cc(Br)ccc1O. The third kappa shape index (κ3) is 2.84. The first-order valence-electron chi connectivity index (χ1n) is 6.11. The van der Waals surface area contributed by atoms with Crippen LogP contribution in [-0.2, 0) is 4.79 Å². The Bertz CT molecular complexity index is 451. The minimum Gasteiger partial charge on any atom is -0.506 e. The second-order valence-electron chi connectivity index (χ2n) is 4.68. The summed E-state index contributed by atoms with van der Waals surface area (Å²) < 4.78 is 0.817. The van der Waals surface area contributed by atoms with Gasteiger partial charge in [-0.1, -0.05) is 22.4 Å². The van der Waals surface area contributed by atoms with Gasteiger partial charge in [0.05, 0.1) is 5.69 Å². The molecule has 1 aromatic carbocycles. The lowest BCUT2D eigenvalue weighted by Gasteiger charge is -2.17. The number of aromatic hydroxyl groups is 1. The van der Waals surface area contributed by atoms with E-state index in [2.05, 4.69) is 21.2 Å². The third-order valence-corrected chi connectivity index (χ3v) is 4.01. The maximum atomic E-state index is 12.2. The molecule has 1 saturated carbocycles. The van der Waals surface area contributed by atoms with Gasteiger partial charge < -0.3 is 16.2 Å². The Kier molecular flexibility index (Phi) is 4.24. The summed E-state index contributed by atoms with van der Waals surface area (Å²) in [5.74, 6) is 0.262. The van der Waals surface area contributed by atoms with Gasteiger partial charge in [-0.3, -0.25) is 4.79 Å². The lowest BCUT2D eigenvalue weighted by molar-refractivity contribution is -0.120. The van der Waals surface area contributed by atoms with Gasteiger partial charge >= 0.3 is 0 Å². The molecule has 5 heteroatoms. The summed E-state index contributed by atoms with van der Waals surface area (Å²) in [7, 11) is 0. The average Bonchev–Trinajstić information content (AvgIpc) is 2.82. The number of rotatable bonds is 3. The zero-order valence-corrected chi connectivity index (χ0v) is 11.6. The summed E-state index contributed by atoms with van der Waals surface area (Å²) in [6.07, 6.45) is 2.94. The van der Waals surface area contributed by atoms with Gasteiger partial charge in [0.2, 0.25) is 5.91 Å². The van der Waals surface area contributed by atoms with Crippen LogP contribution in [0.4, 0.5) is 5.69 Å². The van der Waals surface area contributed by atoms with Crippen molar-refractivity contribution in [3.63, 3.8) is 0 Å². The molecule has 0 spiro atoms. The number of halogens is 1. The molecular formula is C13H17BrN2O2. The van der Waals surface area contributed by atoms with Gasteiger partial charge in [0.25, 0.3) is 0 Å². The first-order valence-corrected chi connectivity index (χ1v) is 6.90. The summed E-state index contributed by atoms with van der Waals surface area (Å²) >= 11 is 3.31. The Morgan fingerprint density at radius 3 is 3.00 bits per heavy atom. The van der Waals surface area contributed by atoms with Crippen LogP contribution in [0.3, 0.4) is 0 Å². The molecule has 1 fully saturated rings. The molecule has 2 atom stereocenters. The largest absolute Gasteiger partial charge is 0.506 e. The van der Waals surface area contributed by atoms with Crippen molar-refractivity contribution in [3.05, 3.63) is 22.7 Å². The second-order valence-corrected chi connectivity index (χ2v) is 5.60. The van der Waals surface area contributed by atoms with Crippen molar-refractivity contribution in [2.45, 2.75) is 19.3 Å². The molecule has 2 unspecified atom stereocenters. The number of anilines is 1. The molecule has 1 aliphatic rings. The molecule has 0 heterocycles. The highest BCUT2D eigenvalue weighted by Crippen LogP contribution is 2.33. The molecule has 4 N–H and O–H groups in total. The minimum atomic E-state index is -0.0450. The molecule has 98 valence electrons. The standard InChI is InChI=1S/C13H17BrN2O2/c14-9-4-5-12(17)11(6-9)16-13(18)10-3-1-2-8(10)7-15/h4-6,8,10,17H,1-3,7,15H2,(H,16,18). The smallest absolute Gasteiger partial charge is 0.227 e. The molecule has 18 heavy (non-hydrogen) atoms. The zero-order chi connectivity index (χ0) is 13.1. The monoisotopic (exact) mass is 312 g/mol. The normalized spacial score (nSPS) is 23.0. The van der Waals surface area contributed by atoms with Gasteiger partial charge in [-0.15, -0.1) is 0 Å². The highest BCUT2D eigenvalue weighted by molar-refractivity contribution is 9.10. The second kappa shape index (κ2) is 5.71. The van der Waals surface area contributed by atoms with E-state index >= 15 is 0 Å². The van der Waals surface area contributed by atoms with E-state index in [0.29, 0.717) is 12.2 Å². The number of nitrogens with one attached hydrogen (secondary N) is 1. The van der Waals surface area contributed by atoms with E-state index in [0.717, 1.165) is 23.7 Å². The topological polar surface area (TPSA) is 75.4 Å². The number of carbonyl (C=O) groups is 1. The molecule has 1 amide bonds. The third-order valence-electron chi connectivity index (χ3n) is 3.52. The molecular weight excluding hydrogens is 296 g/mol. The molecule has 0 bridgehead atoms. The summed E-state index contributed by atoms with van der Waals surface area (Å²) in [5.41, 5.74) is 6.11. The lowest BCUT2D eigenvalue weighted by atomic mass is 9.95. The Balaban J connectivity index is 2.09. The Hall–Kier alpha value is -1.07. The summed E-state index contributed by atoms with van der Waals surface area (Å²) in [4.78, 5) is 12.2. The van der Waals surface area contributed by atoms with E-state index in [4.69, 9.17) is 5.73 Å². The maximum absolute atomic E-state index is 12.2. The summed E-state index contributed by atoms with van der Waals surface area (Å²) in [6, 6.07) is 4.97. The fourth-order valence-electron chi connectivity index (χ4n) is 2.50. The molecule has 2 rings (SSSR count). The van der Waals surface area contributed by atoms with E-state index in [-0.39, 0.29) is 23.5 Å². The van der Waals surface area contributed by atoms with E-state index in [9.17, 15) is 9.90 Å². The zero-order valence-electron chi connectivity index (χ0n) is 10.0. The predicted molar refractivity (Wildman–Crippen MR) is 74.3 cm³/mol. The van der Waals surface area contributed by atoms with Crippen LogP contribution in [0.25, 0.3) is 0 Å². The molecule has 0 radical (unpaired) electrons. The van der Waals surface area contributed by atoms with Crippen molar-refractivity contribution in [2.75, 3.05) is 11.9 Å². The maximum Gasteiger partial charge on any atom is 0.227 e. The molecule has 0 saturated heterocycles. The van der Waals surface area contributed by atoms with E-state index in [1.165, 1.54) is 0 Å². The average molecular weight is 313 g/mol. The Morgan fingerprint density at radius 2 is 2.28 bits per heavy atom. The number of hydrogen-bond donors (Lipinski definition) is 3. The first-order chi connectivity index (χ1) is 8.61.